The summed E-state index contributed by atoms with van der Waals surface area (Å²) in [5.74, 6) is 0.603. The summed E-state index contributed by atoms with van der Waals surface area (Å²) in [6, 6.07) is 3.46. The zero-order valence-corrected chi connectivity index (χ0v) is 10.6. The molecule has 94 valence electrons. The van der Waals surface area contributed by atoms with Gasteiger partial charge in [0.25, 0.3) is 0 Å². The Morgan fingerprint density at radius 1 is 1.56 bits per heavy atom. The van der Waals surface area contributed by atoms with Crippen molar-refractivity contribution in [3.8, 4) is 0 Å². The molecule has 0 saturated heterocycles. The second kappa shape index (κ2) is 3.69. The van der Waals surface area contributed by atoms with Gasteiger partial charge in [-0.25, -0.2) is 0 Å². The Morgan fingerprint density at radius 3 is 3.06 bits per heavy atom. The normalized spacial score (nSPS) is 33.6. The largest absolute Gasteiger partial charge is 0.326 e. The molecule has 0 radical (unpaired) electrons. The Balaban J connectivity index is 2.24. The summed E-state index contributed by atoms with van der Waals surface area (Å²) in [7, 11) is 0. The first kappa shape index (κ1) is 11.5. The first-order chi connectivity index (χ1) is 8.54. The maximum atomic E-state index is 11.4. The van der Waals surface area contributed by atoms with Crippen molar-refractivity contribution in [3.05, 3.63) is 58.0 Å². The van der Waals surface area contributed by atoms with Crippen LogP contribution in [0.2, 0.25) is 0 Å². The number of H-pyrrole nitrogens is 1. The van der Waals surface area contributed by atoms with Crippen LogP contribution < -0.4 is 11.3 Å². The molecule has 0 amide bonds. The second-order valence-corrected chi connectivity index (χ2v) is 5.57. The smallest absolute Gasteiger partial charge is 0.248 e. The number of aromatic amines is 1. The summed E-state index contributed by atoms with van der Waals surface area (Å²) >= 11 is 0. The zero-order chi connectivity index (χ0) is 12.9. The van der Waals surface area contributed by atoms with Gasteiger partial charge in [-0.05, 0) is 37.3 Å². The molecule has 0 saturated carbocycles. The van der Waals surface area contributed by atoms with E-state index in [2.05, 4.69) is 24.6 Å². The topological polar surface area (TPSA) is 58.9 Å². The van der Waals surface area contributed by atoms with Gasteiger partial charge in [0, 0.05) is 17.7 Å². The molecule has 1 aromatic heterocycles. The third-order valence-electron chi connectivity index (χ3n) is 4.32. The fourth-order valence-electron chi connectivity index (χ4n) is 3.69. The lowest BCUT2D eigenvalue weighted by molar-refractivity contribution is 0.219. The molecule has 1 aromatic rings. The fraction of sp³-hybridized carbons (Fsp3) is 0.400. The van der Waals surface area contributed by atoms with E-state index in [1.165, 1.54) is 5.57 Å². The summed E-state index contributed by atoms with van der Waals surface area (Å²) in [5.41, 5.74) is 9.62. The maximum absolute atomic E-state index is 11.4. The Labute approximate surface area is 106 Å². The van der Waals surface area contributed by atoms with Crippen molar-refractivity contribution in [2.75, 3.05) is 0 Å². The molecule has 0 aliphatic heterocycles. The fourth-order valence-corrected chi connectivity index (χ4v) is 3.69. The highest BCUT2D eigenvalue weighted by Gasteiger charge is 2.46. The van der Waals surface area contributed by atoms with Crippen LogP contribution in [-0.2, 0) is 12.0 Å². The molecule has 3 atom stereocenters. The molecule has 2 bridgehead atoms. The van der Waals surface area contributed by atoms with Gasteiger partial charge in [-0.3, -0.25) is 4.79 Å². The van der Waals surface area contributed by atoms with Gasteiger partial charge < -0.3 is 10.7 Å². The molecule has 2 aliphatic rings. The molecular formula is C15H18N2O. The van der Waals surface area contributed by atoms with Crippen molar-refractivity contribution >= 4 is 0 Å². The summed E-state index contributed by atoms with van der Waals surface area (Å²) in [5, 5.41) is 0. The lowest BCUT2D eigenvalue weighted by Crippen LogP contribution is -2.52. The quantitative estimate of drug-likeness (QED) is 0.738. The Kier molecular flexibility index (Phi) is 2.35. The van der Waals surface area contributed by atoms with Crippen molar-refractivity contribution in [2.45, 2.75) is 25.3 Å². The van der Waals surface area contributed by atoms with Crippen LogP contribution in [0.5, 0.6) is 0 Å². The molecule has 3 rings (SSSR count). The van der Waals surface area contributed by atoms with E-state index in [1.807, 2.05) is 12.1 Å². The van der Waals surface area contributed by atoms with Crippen LogP contribution in [0.15, 0.2) is 41.2 Å². The van der Waals surface area contributed by atoms with E-state index in [4.69, 9.17) is 5.73 Å². The highest BCUT2D eigenvalue weighted by Crippen LogP contribution is 2.48. The molecule has 0 spiro atoms. The van der Waals surface area contributed by atoms with Crippen LogP contribution in [0.4, 0.5) is 0 Å². The van der Waals surface area contributed by atoms with Gasteiger partial charge in [0.2, 0.25) is 5.56 Å². The van der Waals surface area contributed by atoms with E-state index in [9.17, 15) is 4.79 Å². The van der Waals surface area contributed by atoms with Gasteiger partial charge in [0.15, 0.2) is 0 Å². The number of hydrogen-bond acceptors (Lipinski definition) is 2. The van der Waals surface area contributed by atoms with Gasteiger partial charge >= 0.3 is 0 Å². The molecule has 1 heterocycles. The van der Waals surface area contributed by atoms with E-state index in [-0.39, 0.29) is 11.5 Å². The summed E-state index contributed by atoms with van der Waals surface area (Å²) in [6.45, 7) is 6.08. The van der Waals surface area contributed by atoms with Crippen LogP contribution >= 0.6 is 0 Å². The van der Waals surface area contributed by atoms with E-state index < -0.39 is 5.54 Å². The summed E-state index contributed by atoms with van der Waals surface area (Å²) in [6.07, 6.45) is 5.94. The lowest BCUT2D eigenvalue weighted by atomic mass is 9.60. The number of allylic oxidation sites excluding steroid dienone is 1. The number of aromatic nitrogens is 1. The minimum absolute atomic E-state index is 0.0480. The van der Waals surface area contributed by atoms with E-state index in [0.717, 1.165) is 24.1 Å². The Morgan fingerprint density at radius 2 is 2.33 bits per heavy atom. The van der Waals surface area contributed by atoms with Gasteiger partial charge in [0.05, 0.1) is 5.54 Å². The molecule has 3 heteroatoms. The highest BCUT2D eigenvalue weighted by atomic mass is 16.1. The monoisotopic (exact) mass is 242 g/mol. The first-order valence-electron chi connectivity index (χ1n) is 6.36. The van der Waals surface area contributed by atoms with Crippen molar-refractivity contribution in [2.24, 2.45) is 17.6 Å². The third-order valence-corrected chi connectivity index (χ3v) is 4.32. The number of pyridine rings is 1. The molecular weight excluding hydrogens is 224 g/mol. The predicted molar refractivity (Wildman–Crippen MR) is 72.2 cm³/mol. The van der Waals surface area contributed by atoms with Gasteiger partial charge in [0.1, 0.15) is 0 Å². The average Bonchev–Trinajstić information content (AvgIpc) is 2.26. The molecule has 0 fully saturated rings. The van der Waals surface area contributed by atoms with Crippen LogP contribution in [0.3, 0.4) is 0 Å². The van der Waals surface area contributed by atoms with Gasteiger partial charge in [-0.15, -0.1) is 6.58 Å². The standard InChI is InChI=1S/C15H18N2O/c1-3-11-10-6-9(2)8-15(11,16)12-4-5-14(18)17-13(12)7-10/h3-6,10-11H,1,7-8,16H2,2H3,(H,17,18)/t10-,11?,15+/m0/s1. The van der Waals surface area contributed by atoms with E-state index in [0.29, 0.717) is 5.92 Å². The average molecular weight is 242 g/mol. The van der Waals surface area contributed by atoms with Gasteiger partial charge in [-0.2, -0.15) is 0 Å². The molecule has 3 N–H and O–H groups in total. The number of nitrogens with two attached hydrogens (primary N) is 1. The number of nitrogens with one attached hydrogen (secondary N) is 1. The molecule has 2 aliphatic carbocycles. The van der Waals surface area contributed by atoms with Crippen molar-refractivity contribution in [1.82, 2.24) is 4.98 Å². The molecule has 1 unspecified atom stereocenters. The lowest BCUT2D eigenvalue weighted by Gasteiger charge is -2.48. The number of rotatable bonds is 1. The first-order valence-corrected chi connectivity index (χ1v) is 6.36. The minimum Gasteiger partial charge on any atom is -0.326 e. The Hall–Kier alpha value is -1.61. The van der Waals surface area contributed by atoms with Crippen molar-refractivity contribution in [3.63, 3.8) is 0 Å². The van der Waals surface area contributed by atoms with E-state index in [1.54, 1.807) is 6.07 Å². The third kappa shape index (κ3) is 1.44. The molecule has 18 heavy (non-hydrogen) atoms. The second-order valence-electron chi connectivity index (χ2n) is 5.57. The van der Waals surface area contributed by atoms with E-state index >= 15 is 0 Å². The molecule has 3 nitrogen and oxygen atoms in total. The highest BCUT2D eigenvalue weighted by molar-refractivity contribution is 5.40. The van der Waals surface area contributed by atoms with Crippen LogP contribution in [-0.4, -0.2) is 4.98 Å². The van der Waals surface area contributed by atoms with Gasteiger partial charge in [-0.1, -0.05) is 17.7 Å². The summed E-state index contributed by atoms with van der Waals surface area (Å²) < 4.78 is 0. The van der Waals surface area contributed by atoms with Crippen LogP contribution in [0.25, 0.3) is 0 Å². The zero-order valence-electron chi connectivity index (χ0n) is 10.6. The summed E-state index contributed by atoms with van der Waals surface area (Å²) in [4.78, 5) is 14.4. The SMILES string of the molecule is C=CC1[C@H]2C=C(C)C[C@]1(N)c1ccc(=O)[nH]c1C2. The van der Waals surface area contributed by atoms with Crippen LogP contribution in [0, 0.1) is 11.8 Å². The Bertz CT molecular complexity index is 599. The minimum atomic E-state index is -0.414. The predicted octanol–water partition coefficient (Wildman–Crippen LogP) is 1.85. The van der Waals surface area contributed by atoms with Crippen molar-refractivity contribution < 1.29 is 0 Å². The maximum Gasteiger partial charge on any atom is 0.248 e. The van der Waals surface area contributed by atoms with Crippen molar-refractivity contribution in [1.29, 1.82) is 0 Å². The number of fused-ring (bicyclic) bond motifs is 4. The number of hydrogen-bond donors (Lipinski definition) is 2. The molecule has 0 aromatic carbocycles. The van der Waals surface area contributed by atoms with Crippen LogP contribution in [0.1, 0.15) is 24.6 Å².